The van der Waals surface area contributed by atoms with Crippen LogP contribution < -0.4 is 5.32 Å². The summed E-state index contributed by atoms with van der Waals surface area (Å²) in [5, 5.41) is 16.9. The molecule has 20 heavy (non-hydrogen) atoms. The molecule has 1 saturated heterocycles. The predicted octanol–water partition coefficient (Wildman–Crippen LogP) is -0.760. The second-order valence-electron chi connectivity index (χ2n) is 4.43. The summed E-state index contributed by atoms with van der Waals surface area (Å²) in [5.41, 5.74) is 0. The van der Waals surface area contributed by atoms with Gasteiger partial charge in [0.05, 0.1) is 30.6 Å². The molecule has 9 heteroatoms. The Morgan fingerprint density at radius 2 is 2.25 bits per heavy atom. The van der Waals surface area contributed by atoms with Crippen LogP contribution in [0.25, 0.3) is 0 Å². The molecule has 0 unspecified atom stereocenters. The summed E-state index contributed by atoms with van der Waals surface area (Å²) < 4.78 is 6.48. The molecule has 0 bridgehead atoms. The molecule has 0 aromatic carbocycles. The lowest BCUT2D eigenvalue weighted by molar-refractivity contribution is -0.389. The minimum Gasteiger partial charge on any atom is -0.379 e. The highest BCUT2D eigenvalue weighted by molar-refractivity contribution is 5.75. The van der Waals surface area contributed by atoms with Gasteiger partial charge in [-0.15, -0.1) is 0 Å². The predicted molar refractivity (Wildman–Crippen MR) is 69.2 cm³/mol. The van der Waals surface area contributed by atoms with E-state index in [1.807, 2.05) is 0 Å². The van der Waals surface area contributed by atoms with E-state index >= 15 is 0 Å². The fraction of sp³-hybridized carbons (Fsp3) is 0.636. The number of morpholine rings is 1. The summed E-state index contributed by atoms with van der Waals surface area (Å²) >= 11 is 0. The number of carbonyl (C=O) groups is 1. The van der Waals surface area contributed by atoms with Gasteiger partial charge in [-0.25, -0.2) is 0 Å². The van der Waals surface area contributed by atoms with E-state index in [-0.39, 0.29) is 18.3 Å². The van der Waals surface area contributed by atoms with Gasteiger partial charge in [-0.05, 0) is 4.92 Å². The van der Waals surface area contributed by atoms with E-state index in [0.29, 0.717) is 6.54 Å². The number of hydrogen-bond donors (Lipinski definition) is 1. The van der Waals surface area contributed by atoms with E-state index in [9.17, 15) is 14.9 Å². The lowest BCUT2D eigenvalue weighted by Gasteiger charge is -2.26. The van der Waals surface area contributed by atoms with Crippen molar-refractivity contribution in [2.24, 2.45) is 0 Å². The Balaban J connectivity index is 1.67. The molecule has 1 fully saturated rings. The fourth-order valence-corrected chi connectivity index (χ4v) is 1.92. The minimum atomic E-state index is -0.590. The summed E-state index contributed by atoms with van der Waals surface area (Å²) in [6.07, 6.45) is 1.42. The van der Waals surface area contributed by atoms with Crippen molar-refractivity contribution in [2.45, 2.75) is 6.54 Å². The van der Waals surface area contributed by atoms with Crippen LogP contribution in [0.5, 0.6) is 0 Å². The molecule has 1 aliphatic rings. The van der Waals surface area contributed by atoms with E-state index in [1.165, 1.54) is 16.9 Å². The molecule has 2 rings (SSSR count). The third-order valence-electron chi connectivity index (χ3n) is 2.97. The van der Waals surface area contributed by atoms with Crippen LogP contribution in [0, 0.1) is 10.1 Å². The number of aromatic nitrogens is 2. The van der Waals surface area contributed by atoms with E-state index in [2.05, 4.69) is 15.3 Å². The average molecular weight is 283 g/mol. The first-order valence-electron chi connectivity index (χ1n) is 6.40. The van der Waals surface area contributed by atoms with E-state index in [4.69, 9.17) is 4.74 Å². The van der Waals surface area contributed by atoms with Gasteiger partial charge in [-0.1, -0.05) is 0 Å². The van der Waals surface area contributed by atoms with Gasteiger partial charge in [0.15, 0.2) is 0 Å². The first-order valence-corrected chi connectivity index (χ1v) is 6.40. The van der Waals surface area contributed by atoms with Crippen molar-refractivity contribution >= 4 is 11.7 Å². The Kier molecular flexibility index (Phi) is 5.02. The molecule has 0 radical (unpaired) electrons. The van der Waals surface area contributed by atoms with E-state index in [1.54, 1.807) is 0 Å². The largest absolute Gasteiger partial charge is 0.389 e. The molecule has 0 aliphatic carbocycles. The Morgan fingerprint density at radius 1 is 1.50 bits per heavy atom. The van der Waals surface area contributed by atoms with Gasteiger partial charge in [-0.3, -0.25) is 9.69 Å². The molecule has 1 amide bonds. The lowest BCUT2D eigenvalue weighted by atomic mass is 10.4. The molecule has 1 aromatic rings. The third kappa shape index (κ3) is 4.28. The number of amides is 1. The number of ether oxygens (including phenoxy) is 1. The first kappa shape index (κ1) is 14.4. The van der Waals surface area contributed by atoms with Gasteiger partial charge in [0.1, 0.15) is 6.54 Å². The summed E-state index contributed by atoms with van der Waals surface area (Å²) in [5.74, 6) is -0.470. The Morgan fingerprint density at radius 3 is 2.90 bits per heavy atom. The zero-order valence-electron chi connectivity index (χ0n) is 11.0. The molecule has 0 saturated carbocycles. The summed E-state index contributed by atoms with van der Waals surface area (Å²) in [7, 11) is 0. The van der Waals surface area contributed by atoms with Crippen LogP contribution in [-0.4, -0.2) is 64.9 Å². The summed E-state index contributed by atoms with van der Waals surface area (Å²) in [6.45, 7) is 4.51. The zero-order chi connectivity index (χ0) is 14.4. The fourth-order valence-electron chi connectivity index (χ4n) is 1.92. The molecule has 0 spiro atoms. The average Bonchev–Trinajstić information content (AvgIpc) is 2.88. The Bertz CT molecular complexity index is 469. The highest BCUT2D eigenvalue weighted by atomic mass is 16.6. The normalized spacial score (nSPS) is 16.0. The van der Waals surface area contributed by atoms with Crippen LogP contribution >= 0.6 is 0 Å². The highest BCUT2D eigenvalue weighted by Crippen LogP contribution is 2.04. The monoisotopic (exact) mass is 283 g/mol. The van der Waals surface area contributed by atoms with Crippen molar-refractivity contribution in [1.29, 1.82) is 0 Å². The van der Waals surface area contributed by atoms with Crippen LogP contribution in [0.2, 0.25) is 0 Å². The molecule has 2 heterocycles. The smallest absolute Gasteiger partial charge is 0.379 e. The van der Waals surface area contributed by atoms with Crippen molar-refractivity contribution in [3.8, 4) is 0 Å². The second-order valence-corrected chi connectivity index (χ2v) is 4.43. The van der Waals surface area contributed by atoms with Crippen LogP contribution in [-0.2, 0) is 16.1 Å². The number of carbonyl (C=O) groups excluding carboxylic acids is 1. The van der Waals surface area contributed by atoms with E-state index < -0.39 is 4.92 Å². The van der Waals surface area contributed by atoms with Gasteiger partial charge in [-0.2, -0.15) is 4.68 Å². The maximum absolute atomic E-state index is 11.6. The quantitative estimate of drug-likeness (QED) is 0.544. The lowest BCUT2D eigenvalue weighted by Crippen LogP contribution is -2.41. The van der Waals surface area contributed by atoms with Crippen LogP contribution in [0.15, 0.2) is 12.3 Å². The van der Waals surface area contributed by atoms with E-state index in [0.717, 1.165) is 32.8 Å². The molecular weight excluding hydrogens is 266 g/mol. The maximum Gasteiger partial charge on any atom is 0.389 e. The van der Waals surface area contributed by atoms with Crippen LogP contribution in [0.1, 0.15) is 0 Å². The number of rotatable bonds is 6. The van der Waals surface area contributed by atoms with Gasteiger partial charge in [0.25, 0.3) is 0 Å². The number of nitrogens with zero attached hydrogens (tertiary/aromatic N) is 4. The number of nitrogens with one attached hydrogen (secondary N) is 1. The Hall–Kier alpha value is -2.00. The molecule has 1 N–H and O–H groups in total. The molecule has 0 atom stereocenters. The second kappa shape index (κ2) is 6.96. The zero-order valence-corrected chi connectivity index (χ0v) is 11.0. The molecule has 110 valence electrons. The number of nitro groups is 1. The Labute approximate surface area is 115 Å². The van der Waals surface area contributed by atoms with Crippen molar-refractivity contribution in [2.75, 3.05) is 39.4 Å². The van der Waals surface area contributed by atoms with Crippen molar-refractivity contribution in [3.05, 3.63) is 22.4 Å². The van der Waals surface area contributed by atoms with Crippen molar-refractivity contribution < 1.29 is 14.5 Å². The van der Waals surface area contributed by atoms with Crippen molar-refractivity contribution in [1.82, 2.24) is 20.0 Å². The summed E-state index contributed by atoms with van der Waals surface area (Å²) in [4.78, 5) is 23.7. The minimum absolute atomic E-state index is 0.0169. The molecule has 9 nitrogen and oxygen atoms in total. The molecule has 1 aliphatic heterocycles. The molecular formula is C11H17N5O4. The van der Waals surface area contributed by atoms with Crippen molar-refractivity contribution in [3.63, 3.8) is 0 Å². The maximum atomic E-state index is 11.6. The SMILES string of the molecule is O=C(Cn1ccc([N+](=O)[O-])n1)NCCN1CCOCC1. The van der Waals surface area contributed by atoms with Gasteiger partial charge >= 0.3 is 5.82 Å². The van der Waals surface area contributed by atoms with Crippen LogP contribution in [0.3, 0.4) is 0 Å². The van der Waals surface area contributed by atoms with Gasteiger partial charge in [0.2, 0.25) is 5.91 Å². The topological polar surface area (TPSA) is 103 Å². The van der Waals surface area contributed by atoms with Crippen LogP contribution in [0.4, 0.5) is 5.82 Å². The van der Waals surface area contributed by atoms with Gasteiger partial charge in [0, 0.05) is 26.2 Å². The standard InChI is InChI=1S/C11H17N5O4/c17-11(9-15-3-1-10(13-15)16(18)19)12-2-4-14-5-7-20-8-6-14/h1,3H,2,4-9H2,(H,12,17). The summed E-state index contributed by atoms with van der Waals surface area (Å²) in [6, 6.07) is 1.26. The third-order valence-corrected chi connectivity index (χ3v) is 2.97. The molecule has 1 aromatic heterocycles. The first-order chi connectivity index (χ1) is 9.65. The van der Waals surface area contributed by atoms with Gasteiger partial charge < -0.3 is 20.2 Å². The number of hydrogen-bond acceptors (Lipinski definition) is 6. The highest BCUT2D eigenvalue weighted by Gasteiger charge is 2.14.